The minimum atomic E-state index is 0.186. The average molecular weight is 292 g/mol. The predicted molar refractivity (Wildman–Crippen MR) is 80.6 cm³/mol. The van der Waals surface area contributed by atoms with E-state index in [0.717, 1.165) is 16.9 Å². The number of rotatable bonds is 7. The van der Waals surface area contributed by atoms with E-state index >= 15 is 0 Å². The molecule has 0 saturated heterocycles. The second-order valence-electron chi connectivity index (χ2n) is 4.68. The maximum Gasteiger partial charge on any atom is 0.156 e. The van der Waals surface area contributed by atoms with E-state index in [1.54, 1.807) is 19.6 Å². The maximum atomic E-state index is 8.66. The summed E-state index contributed by atoms with van der Waals surface area (Å²) < 4.78 is 7.08. The highest BCUT2D eigenvalue weighted by atomic mass is 16.5. The first kappa shape index (κ1) is 15.0. The van der Waals surface area contributed by atoms with Crippen molar-refractivity contribution in [3.63, 3.8) is 0 Å². The molecule has 0 saturated carbocycles. The standard InChI is InChI=1S/C13H20N6O2/c1-18-9-16-12-10(18)3-5-15-13(12)19(7-8-21-2)6-4-11(14)17-20/h3,5,9,20H,4,6-8H2,1-2H3,(H2,14,17). The highest BCUT2D eigenvalue weighted by Crippen LogP contribution is 2.22. The molecule has 0 aliphatic rings. The molecule has 2 heterocycles. The van der Waals surface area contributed by atoms with Gasteiger partial charge < -0.3 is 25.1 Å². The van der Waals surface area contributed by atoms with Crippen molar-refractivity contribution >= 4 is 22.7 Å². The number of methoxy groups -OCH3 is 1. The van der Waals surface area contributed by atoms with E-state index in [9.17, 15) is 0 Å². The first-order valence-electron chi connectivity index (χ1n) is 6.63. The van der Waals surface area contributed by atoms with E-state index in [2.05, 4.69) is 15.1 Å². The molecule has 0 aliphatic carbocycles. The van der Waals surface area contributed by atoms with E-state index in [1.165, 1.54) is 0 Å². The van der Waals surface area contributed by atoms with Gasteiger partial charge in [0.25, 0.3) is 0 Å². The van der Waals surface area contributed by atoms with Gasteiger partial charge >= 0.3 is 0 Å². The van der Waals surface area contributed by atoms with Gasteiger partial charge in [-0.3, -0.25) is 0 Å². The molecule has 0 spiro atoms. The predicted octanol–water partition coefficient (Wildman–Crippen LogP) is 0.558. The molecule has 0 fully saturated rings. The lowest BCUT2D eigenvalue weighted by atomic mass is 10.3. The number of hydrogen-bond donors (Lipinski definition) is 2. The molecule has 0 radical (unpaired) electrons. The number of aromatic nitrogens is 3. The fourth-order valence-electron chi connectivity index (χ4n) is 2.10. The third-order valence-corrected chi connectivity index (χ3v) is 3.25. The molecular weight excluding hydrogens is 272 g/mol. The monoisotopic (exact) mass is 292 g/mol. The van der Waals surface area contributed by atoms with Gasteiger partial charge in [-0.1, -0.05) is 5.16 Å². The first-order chi connectivity index (χ1) is 10.2. The normalized spacial score (nSPS) is 12.0. The number of imidazole rings is 1. The van der Waals surface area contributed by atoms with Crippen LogP contribution in [0.15, 0.2) is 23.7 Å². The van der Waals surface area contributed by atoms with E-state index in [0.29, 0.717) is 26.1 Å². The van der Waals surface area contributed by atoms with Crippen LogP contribution in [0.5, 0.6) is 0 Å². The highest BCUT2D eigenvalue weighted by Gasteiger charge is 2.14. The van der Waals surface area contributed by atoms with Crippen LogP contribution in [0.4, 0.5) is 5.82 Å². The number of hydrogen-bond acceptors (Lipinski definition) is 6. The fraction of sp³-hybridized carbons (Fsp3) is 0.462. The molecule has 114 valence electrons. The highest BCUT2D eigenvalue weighted by molar-refractivity contribution is 5.87. The molecule has 3 N–H and O–H groups in total. The molecule has 8 heteroatoms. The summed E-state index contributed by atoms with van der Waals surface area (Å²) in [6.45, 7) is 1.78. The Morgan fingerprint density at radius 1 is 1.48 bits per heavy atom. The van der Waals surface area contributed by atoms with Gasteiger partial charge in [0, 0.05) is 39.9 Å². The largest absolute Gasteiger partial charge is 0.409 e. The molecule has 2 aromatic heterocycles. The summed E-state index contributed by atoms with van der Waals surface area (Å²) >= 11 is 0. The number of ether oxygens (including phenoxy) is 1. The summed E-state index contributed by atoms with van der Waals surface area (Å²) in [4.78, 5) is 10.9. The zero-order valence-corrected chi connectivity index (χ0v) is 12.2. The van der Waals surface area contributed by atoms with E-state index in [1.807, 2.05) is 22.6 Å². The Labute approximate surface area is 122 Å². The van der Waals surface area contributed by atoms with Crippen LogP contribution in [0.3, 0.4) is 0 Å². The molecule has 2 aromatic rings. The number of fused-ring (bicyclic) bond motifs is 1. The summed E-state index contributed by atoms with van der Waals surface area (Å²) in [7, 11) is 3.59. The van der Waals surface area contributed by atoms with Gasteiger partial charge in [-0.2, -0.15) is 0 Å². The molecule has 0 bridgehead atoms. The van der Waals surface area contributed by atoms with Crippen molar-refractivity contribution in [2.45, 2.75) is 6.42 Å². The Morgan fingerprint density at radius 2 is 2.29 bits per heavy atom. The van der Waals surface area contributed by atoms with Gasteiger partial charge in [0.2, 0.25) is 0 Å². The topological polar surface area (TPSA) is 102 Å². The smallest absolute Gasteiger partial charge is 0.156 e. The Kier molecular flexibility index (Phi) is 4.94. The second-order valence-corrected chi connectivity index (χ2v) is 4.68. The van der Waals surface area contributed by atoms with E-state index < -0.39 is 0 Å². The third-order valence-electron chi connectivity index (χ3n) is 3.25. The number of amidine groups is 1. The summed E-state index contributed by atoms with van der Waals surface area (Å²) in [5.41, 5.74) is 7.38. The molecule has 21 heavy (non-hydrogen) atoms. The number of pyridine rings is 1. The molecule has 0 amide bonds. The zero-order chi connectivity index (χ0) is 15.2. The number of aryl methyl sites for hydroxylation is 1. The number of oxime groups is 1. The van der Waals surface area contributed by atoms with Gasteiger partial charge in [0.15, 0.2) is 5.82 Å². The van der Waals surface area contributed by atoms with E-state index in [4.69, 9.17) is 15.7 Å². The lowest BCUT2D eigenvalue weighted by Crippen LogP contribution is -2.32. The van der Waals surface area contributed by atoms with Crippen LogP contribution >= 0.6 is 0 Å². The van der Waals surface area contributed by atoms with Crippen molar-refractivity contribution in [3.8, 4) is 0 Å². The maximum absolute atomic E-state index is 8.66. The minimum absolute atomic E-state index is 0.186. The van der Waals surface area contributed by atoms with Gasteiger partial charge in [-0.05, 0) is 6.07 Å². The summed E-state index contributed by atoms with van der Waals surface area (Å²) in [5, 5.41) is 11.7. The van der Waals surface area contributed by atoms with Crippen LogP contribution in [0.1, 0.15) is 6.42 Å². The lowest BCUT2D eigenvalue weighted by molar-refractivity contribution is 0.205. The minimum Gasteiger partial charge on any atom is -0.409 e. The molecule has 0 aromatic carbocycles. The quantitative estimate of drug-likeness (QED) is 0.334. The van der Waals surface area contributed by atoms with Crippen LogP contribution in [0.2, 0.25) is 0 Å². The summed E-state index contributed by atoms with van der Waals surface area (Å²) in [6.07, 6.45) is 3.95. The van der Waals surface area contributed by atoms with Crippen molar-refractivity contribution in [3.05, 3.63) is 18.6 Å². The SMILES string of the molecule is COCCN(CC/C(N)=N/O)c1nccc2c1ncn2C. The molecule has 0 unspecified atom stereocenters. The molecule has 0 aliphatic heterocycles. The van der Waals surface area contributed by atoms with Gasteiger partial charge in [-0.15, -0.1) is 0 Å². The fourth-order valence-corrected chi connectivity index (χ4v) is 2.10. The Hall–Kier alpha value is -2.35. The molecule has 0 atom stereocenters. The lowest BCUT2D eigenvalue weighted by Gasteiger charge is -2.23. The zero-order valence-electron chi connectivity index (χ0n) is 12.2. The first-order valence-corrected chi connectivity index (χ1v) is 6.63. The van der Waals surface area contributed by atoms with Gasteiger partial charge in [0.05, 0.1) is 18.5 Å². The van der Waals surface area contributed by atoms with Crippen molar-refractivity contribution in [2.75, 3.05) is 31.7 Å². The Bertz CT molecular complexity index is 624. The van der Waals surface area contributed by atoms with Crippen molar-refractivity contribution in [1.29, 1.82) is 0 Å². The Morgan fingerprint density at radius 3 is 3.00 bits per heavy atom. The van der Waals surface area contributed by atoms with Gasteiger partial charge in [0.1, 0.15) is 11.4 Å². The molecule has 8 nitrogen and oxygen atoms in total. The number of anilines is 1. The number of nitrogens with two attached hydrogens (primary N) is 1. The summed E-state index contributed by atoms with van der Waals surface area (Å²) in [5.74, 6) is 0.960. The third kappa shape index (κ3) is 3.40. The van der Waals surface area contributed by atoms with Crippen LogP contribution in [-0.2, 0) is 11.8 Å². The molecular formula is C13H20N6O2. The molecule has 2 rings (SSSR count). The van der Waals surface area contributed by atoms with Gasteiger partial charge in [-0.25, -0.2) is 9.97 Å². The summed E-state index contributed by atoms with van der Waals surface area (Å²) in [6, 6.07) is 1.92. The number of nitrogens with zero attached hydrogens (tertiary/aromatic N) is 5. The van der Waals surface area contributed by atoms with Crippen molar-refractivity contribution < 1.29 is 9.94 Å². The second kappa shape index (κ2) is 6.89. The van der Waals surface area contributed by atoms with Crippen molar-refractivity contribution in [2.24, 2.45) is 17.9 Å². The van der Waals surface area contributed by atoms with Crippen LogP contribution in [-0.4, -0.2) is 52.4 Å². The van der Waals surface area contributed by atoms with Crippen LogP contribution in [0, 0.1) is 0 Å². The van der Waals surface area contributed by atoms with E-state index in [-0.39, 0.29) is 5.84 Å². The van der Waals surface area contributed by atoms with Crippen molar-refractivity contribution in [1.82, 2.24) is 14.5 Å². The Balaban J connectivity index is 2.29. The van der Waals surface area contributed by atoms with Crippen LogP contribution < -0.4 is 10.6 Å². The van der Waals surface area contributed by atoms with Crippen LogP contribution in [0.25, 0.3) is 11.0 Å². The average Bonchev–Trinajstić information content (AvgIpc) is 2.89.